The second kappa shape index (κ2) is 11.2. The van der Waals surface area contributed by atoms with Crippen LogP contribution in [0.3, 0.4) is 0 Å². The number of carbonyl (C=O) groups is 1. The molecule has 36 heavy (non-hydrogen) atoms. The van der Waals surface area contributed by atoms with Crippen LogP contribution in [0.4, 0.5) is 5.69 Å². The fourth-order valence-corrected chi connectivity index (χ4v) is 5.86. The molecule has 1 aliphatic heterocycles. The van der Waals surface area contributed by atoms with Gasteiger partial charge in [-0.1, -0.05) is 25.8 Å². The van der Waals surface area contributed by atoms with Crippen molar-refractivity contribution in [2.75, 3.05) is 17.1 Å². The van der Waals surface area contributed by atoms with E-state index in [0.29, 0.717) is 29.8 Å². The molecule has 1 atom stereocenters. The number of benzene rings is 2. The summed E-state index contributed by atoms with van der Waals surface area (Å²) in [5.74, 6) is -0.265. The topological polar surface area (TPSA) is 102 Å². The molecule has 8 heteroatoms. The van der Waals surface area contributed by atoms with Crippen LogP contribution in [0.15, 0.2) is 24.3 Å². The smallest absolute Gasteiger partial charge is 0.337 e. The number of hydrogen-bond donors (Lipinski definition) is 2. The summed E-state index contributed by atoms with van der Waals surface area (Å²) >= 11 is 0. The molecule has 0 bridgehead atoms. The van der Waals surface area contributed by atoms with E-state index in [9.17, 15) is 18.3 Å². The van der Waals surface area contributed by atoms with Crippen molar-refractivity contribution in [3.05, 3.63) is 46.5 Å². The van der Waals surface area contributed by atoms with Crippen LogP contribution in [-0.4, -0.2) is 37.5 Å². The molecule has 0 aliphatic carbocycles. The Morgan fingerprint density at radius 3 is 2.56 bits per heavy atom. The van der Waals surface area contributed by atoms with Gasteiger partial charge in [-0.2, -0.15) is 0 Å². The van der Waals surface area contributed by atoms with Crippen molar-refractivity contribution in [1.29, 1.82) is 0 Å². The van der Waals surface area contributed by atoms with Crippen molar-refractivity contribution >= 4 is 21.7 Å². The van der Waals surface area contributed by atoms with Crippen LogP contribution in [0, 0.1) is 13.8 Å². The molecule has 2 N–H and O–H groups in total. The molecule has 2 aromatic rings. The minimum absolute atomic E-state index is 0.0160. The molecule has 1 aliphatic rings. The second-order valence-electron chi connectivity index (χ2n) is 10.5. The number of aryl methyl sites for hydroxylation is 2. The van der Waals surface area contributed by atoms with Gasteiger partial charge in [0.05, 0.1) is 23.6 Å². The molecule has 7 nitrogen and oxygen atoms in total. The lowest BCUT2D eigenvalue weighted by molar-refractivity contribution is -0.160. The van der Waals surface area contributed by atoms with Gasteiger partial charge >= 0.3 is 5.97 Å². The van der Waals surface area contributed by atoms with Crippen LogP contribution in [0.2, 0.25) is 0 Å². The predicted molar refractivity (Wildman–Crippen MR) is 143 cm³/mol. The van der Waals surface area contributed by atoms with Gasteiger partial charge in [-0.25, -0.2) is 13.2 Å². The fraction of sp³-hybridized carbons (Fsp3) is 0.536. The van der Waals surface area contributed by atoms with Gasteiger partial charge in [0.1, 0.15) is 5.75 Å². The molecule has 3 rings (SSSR count). The molecule has 0 saturated carbocycles. The number of carboxylic acid groups (broad SMARTS) is 1. The Balaban J connectivity index is 2.20. The first kappa shape index (κ1) is 28.0. The Bertz CT molecular complexity index is 1210. The van der Waals surface area contributed by atoms with Crippen LogP contribution < -0.4 is 9.46 Å². The van der Waals surface area contributed by atoms with E-state index in [4.69, 9.17) is 9.47 Å². The van der Waals surface area contributed by atoms with Crippen molar-refractivity contribution in [3.8, 4) is 16.9 Å². The number of ether oxygens (including phenoxy) is 2. The zero-order valence-electron chi connectivity index (χ0n) is 22.2. The van der Waals surface area contributed by atoms with Crippen molar-refractivity contribution in [1.82, 2.24) is 0 Å². The molecular weight excluding hydrogens is 478 g/mol. The standard InChI is InChI=1S/C28H39NO6S/c1-7-8-9-15-36(32,33)29-22-16-18(2)24(21-12-13-23-20(17-21)11-10-14-34-23)25(19(22)3)26(27(30)31)35-28(4,5)6/h12-13,16-17,26,29H,7-11,14-15H2,1-6H3,(H,30,31). The zero-order chi connectivity index (χ0) is 26.7. The van der Waals surface area contributed by atoms with Gasteiger partial charge in [0.25, 0.3) is 0 Å². The first-order valence-corrected chi connectivity index (χ1v) is 14.3. The maximum absolute atomic E-state index is 12.8. The molecular formula is C28H39NO6S. The summed E-state index contributed by atoms with van der Waals surface area (Å²) < 4.78 is 40.2. The zero-order valence-corrected chi connectivity index (χ0v) is 23.0. The Morgan fingerprint density at radius 2 is 1.92 bits per heavy atom. The first-order chi connectivity index (χ1) is 16.8. The largest absolute Gasteiger partial charge is 0.493 e. The number of sulfonamides is 1. The molecule has 0 aromatic heterocycles. The van der Waals surface area contributed by atoms with Crippen molar-refractivity contribution in [3.63, 3.8) is 0 Å². The first-order valence-electron chi connectivity index (χ1n) is 12.6. The molecule has 0 spiro atoms. The molecule has 0 amide bonds. The summed E-state index contributed by atoms with van der Waals surface area (Å²) in [6.07, 6.45) is 2.83. The number of unbranched alkanes of at least 4 members (excludes halogenated alkanes) is 2. The van der Waals surface area contributed by atoms with E-state index < -0.39 is 27.7 Å². The van der Waals surface area contributed by atoms with E-state index >= 15 is 0 Å². The average molecular weight is 518 g/mol. The molecule has 2 aromatic carbocycles. The lowest BCUT2D eigenvalue weighted by Gasteiger charge is -2.30. The summed E-state index contributed by atoms with van der Waals surface area (Å²) in [5, 5.41) is 10.3. The number of hydrogen-bond acceptors (Lipinski definition) is 5. The number of anilines is 1. The van der Waals surface area contributed by atoms with Crippen LogP contribution in [0.25, 0.3) is 11.1 Å². The average Bonchev–Trinajstić information content (AvgIpc) is 2.78. The third-order valence-electron chi connectivity index (χ3n) is 6.27. The highest BCUT2D eigenvalue weighted by Gasteiger charge is 2.33. The van der Waals surface area contributed by atoms with Gasteiger partial charge in [-0.3, -0.25) is 4.72 Å². The molecule has 1 unspecified atom stereocenters. The lowest BCUT2D eigenvalue weighted by Crippen LogP contribution is -2.29. The van der Waals surface area contributed by atoms with E-state index in [1.54, 1.807) is 33.8 Å². The maximum Gasteiger partial charge on any atom is 0.337 e. The third-order valence-corrected chi connectivity index (χ3v) is 7.63. The monoisotopic (exact) mass is 517 g/mol. The third kappa shape index (κ3) is 6.79. The van der Waals surface area contributed by atoms with Crippen molar-refractivity contribution in [2.24, 2.45) is 0 Å². The number of carboxylic acids is 1. The van der Waals surface area contributed by atoms with Gasteiger partial charge in [-0.05, 0) is 99.9 Å². The van der Waals surface area contributed by atoms with E-state index in [0.717, 1.165) is 53.7 Å². The normalized spacial score (nSPS) is 14.6. The molecule has 0 fully saturated rings. The number of nitrogens with one attached hydrogen (secondary N) is 1. The highest BCUT2D eigenvalue weighted by atomic mass is 32.2. The van der Waals surface area contributed by atoms with Gasteiger partial charge in [0.2, 0.25) is 10.0 Å². The van der Waals surface area contributed by atoms with Crippen LogP contribution in [0.5, 0.6) is 5.75 Å². The Kier molecular flexibility index (Phi) is 8.72. The molecule has 198 valence electrons. The predicted octanol–water partition coefficient (Wildman–Crippen LogP) is 6.17. The van der Waals surface area contributed by atoms with Crippen LogP contribution in [0.1, 0.15) is 81.7 Å². The summed E-state index contributed by atoms with van der Waals surface area (Å²) in [4.78, 5) is 12.5. The summed E-state index contributed by atoms with van der Waals surface area (Å²) in [5.41, 5.74) is 4.09. The summed E-state index contributed by atoms with van der Waals surface area (Å²) in [6.45, 7) is 11.8. The minimum atomic E-state index is -3.59. The van der Waals surface area contributed by atoms with E-state index in [1.165, 1.54) is 0 Å². The minimum Gasteiger partial charge on any atom is -0.493 e. The van der Waals surface area contributed by atoms with Gasteiger partial charge < -0.3 is 14.6 Å². The van der Waals surface area contributed by atoms with Gasteiger partial charge in [-0.15, -0.1) is 0 Å². The van der Waals surface area contributed by atoms with Crippen molar-refractivity contribution in [2.45, 2.75) is 85.4 Å². The number of rotatable bonds is 10. The van der Waals surface area contributed by atoms with E-state index in [-0.39, 0.29) is 5.75 Å². The fourth-order valence-electron chi connectivity index (χ4n) is 4.62. The van der Waals surface area contributed by atoms with E-state index in [2.05, 4.69) is 4.72 Å². The summed E-state index contributed by atoms with van der Waals surface area (Å²) in [6, 6.07) is 7.69. The maximum atomic E-state index is 12.8. The molecule has 1 heterocycles. The van der Waals surface area contributed by atoms with Gasteiger partial charge in [0, 0.05) is 5.56 Å². The van der Waals surface area contributed by atoms with Crippen molar-refractivity contribution < 1.29 is 27.8 Å². The van der Waals surface area contributed by atoms with Crippen LogP contribution in [-0.2, 0) is 26.0 Å². The van der Waals surface area contributed by atoms with Gasteiger partial charge in [0.15, 0.2) is 6.10 Å². The number of fused-ring (bicyclic) bond motifs is 1. The quantitative estimate of drug-likeness (QED) is 0.366. The molecule has 0 saturated heterocycles. The Labute approximate surface area is 215 Å². The number of aliphatic carboxylic acids is 1. The SMILES string of the molecule is CCCCCS(=O)(=O)Nc1cc(C)c(-c2ccc3c(c2)CCCO3)c(C(OC(C)(C)C)C(=O)O)c1C. The Hall–Kier alpha value is -2.58. The second-order valence-corrected chi connectivity index (χ2v) is 12.3. The molecule has 0 radical (unpaired) electrons. The van der Waals surface area contributed by atoms with E-state index in [1.807, 2.05) is 32.0 Å². The summed E-state index contributed by atoms with van der Waals surface area (Å²) in [7, 11) is -3.59. The highest BCUT2D eigenvalue weighted by molar-refractivity contribution is 7.92. The van der Waals surface area contributed by atoms with Crippen LogP contribution >= 0.6 is 0 Å². The highest BCUT2D eigenvalue weighted by Crippen LogP contribution is 2.42. The Morgan fingerprint density at radius 1 is 1.19 bits per heavy atom. The lowest BCUT2D eigenvalue weighted by atomic mass is 9.86.